The summed E-state index contributed by atoms with van der Waals surface area (Å²) >= 11 is 1.06. The van der Waals surface area contributed by atoms with Gasteiger partial charge in [-0.2, -0.15) is 0 Å². The van der Waals surface area contributed by atoms with Crippen molar-refractivity contribution >= 4 is 39.3 Å². The Kier molecular flexibility index (Phi) is 5.49. The summed E-state index contributed by atoms with van der Waals surface area (Å²) in [6.07, 6.45) is 0. The van der Waals surface area contributed by atoms with E-state index < -0.39 is 11.9 Å². The van der Waals surface area contributed by atoms with Gasteiger partial charge in [0, 0.05) is 10.9 Å². The minimum absolute atomic E-state index is 0.114. The van der Waals surface area contributed by atoms with Crippen molar-refractivity contribution in [2.45, 2.75) is 6.92 Å². The molecular weight excluding hydrogens is 404 g/mol. The summed E-state index contributed by atoms with van der Waals surface area (Å²) in [6, 6.07) is 16.3. The molecule has 2 aromatic heterocycles. The second kappa shape index (κ2) is 8.38. The van der Waals surface area contributed by atoms with Crippen LogP contribution < -0.4 is 10.1 Å². The number of benzene rings is 2. The van der Waals surface area contributed by atoms with Crippen molar-refractivity contribution < 1.29 is 23.5 Å². The number of hydrogen-bond donors (Lipinski definition) is 1. The number of nitrogens with zero attached hydrogens (tertiary/aromatic N) is 1. The molecule has 2 aromatic carbocycles. The standard InChI is InChI=1S/C22H18N2O5S/c1-3-28-21(26)19-17(13-8-5-4-6-9-13)23-22(30-19)24-20(25)16-12-14-10-7-11-15(27-2)18(14)29-16/h4-12H,3H2,1-2H3,(H,23,24,25). The van der Waals surface area contributed by atoms with Crippen LogP contribution in [0.25, 0.3) is 22.2 Å². The van der Waals surface area contributed by atoms with Gasteiger partial charge in [0.05, 0.1) is 19.4 Å². The van der Waals surface area contributed by atoms with Crippen LogP contribution in [0.15, 0.2) is 59.0 Å². The largest absolute Gasteiger partial charge is 0.493 e. The number of rotatable bonds is 6. The molecule has 0 saturated carbocycles. The molecular formula is C22H18N2O5S. The molecule has 0 saturated heterocycles. The molecule has 152 valence electrons. The van der Waals surface area contributed by atoms with Crippen LogP contribution in [-0.4, -0.2) is 30.6 Å². The van der Waals surface area contributed by atoms with Gasteiger partial charge in [-0.05, 0) is 19.1 Å². The van der Waals surface area contributed by atoms with E-state index in [1.807, 2.05) is 42.5 Å². The normalized spacial score (nSPS) is 10.7. The third-order valence-corrected chi connectivity index (χ3v) is 5.26. The molecule has 0 unspecified atom stereocenters. The molecule has 4 rings (SSSR count). The second-order valence-electron chi connectivity index (χ2n) is 6.23. The first-order valence-electron chi connectivity index (χ1n) is 9.22. The van der Waals surface area contributed by atoms with Gasteiger partial charge in [-0.1, -0.05) is 53.8 Å². The Labute approximate surface area is 176 Å². The molecule has 0 spiro atoms. The van der Waals surface area contributed by atoms with Gasteiger partial charge in [0.15, 0.2) is 22.2 Å². The van der Waals surface area contributed by atoms with E-state index in [1.165, 1.54) is 7.11 Å². The summed E-state index contributed by atoms with van der Waals surface area (Å²) in [7, 11) is 1.54. The van der Waals surface area contributed by atoms with Crippen LogP contribution in [0, 0.1) is 0 Å². The van der Waals surface area contributed by atoms with Gasteiger partial charge in [0.1, 0.15) is 4.88 Å². The predicted octanol–water partition coefficient (Wildman–Crippen LogP) is 4.99. The zero-order valence-electron chi connectivity index (χ0n) is 16.3. The van der Waals surface area contributed by atoms with Crippen LogP contribution >= 0.6 is 11.3 Å². The summed E-state index contributed by atoms with van der Waals surface area (Å²) in [5.41, 5.74) is 1.70. The minimum atomic E-state index is -0.483. The summed E-state index contributed by atoms with van der Waals surface area (Å²) in [5.74, 6) is -0.305. The minimum Gasteiger partial charge on any atom is -0.493 e. The van der Waals surface area contributed by atoms with Crippen molar-refractivity contribution in [3.05, 3.63) is 65.2 Å². The average Bonchev–Trinajstić information content (AvgIpc) is 3.39. The van der Waals surface area contributed by atoms with Gasteiger partial charge in [-0.25, -0.2) is 9.78 Å². The number of ether oxygens (including phenoxy) is 2. The Bertz CT molecular complexity index is 1210. The first kappa shape index (κ1) is 19.7. The summed E-state index contributed by atoms with van der Waals surface area (Å²) < 4.78 is 16.1. The van der Waals surface area contributed by atoms with Crippen LogP contribution in [0.4, 0.5) is 5.13 Å². The van der Waals surface area contributed by atoms with Gasteiger partial charge in [0.25, 0.3) is 5.91 Å². The van der Waals surface area contributed by atoms with E-state index in [-0.39, 0.29) is 17.5 Å². The van der Waals surface area contributed by atoms with Crippen molar-refractivity contribution in [2.75, 3.05) is 19.0 Å². The van der Waals surface area contributed by atoms with Crippen molar-refractivity contribution in [1.29, 1.82) is 0 Å². The number of hydrogen-bond acceptors (Lipinski definition) is 7. The number of nitrogens with one attached hydrogen (secondary N) is 1. The average molecular weight is 422 g/mol. The van der Waals surface area contributed by atoms with Crippen LogP contribution in [0.5, 0.6) is 5.75 Å². The van der Waals surface area contributed by atoms with Gasteiger partial charge in [0.2, 0.25) is 0 Å². The molecule has 0 bridgehead atoms. The molecule has 0 aliphatic heterocycles. The lowest BCUT2D eigenvalue weighted by Crippen LogP contribution is -2.10. The fraction of sp³-hybridized carbons (Fsp3) is 0.136. The molecule has 2 heterocycles. The Hall–Kier alpha value is -3.65. The molecule has 30 heavy (non-hydrogen) atoms. The van der Waals surface area contributed by atoms with Crippen molar-refractivity contribution in [3.63, 3.8) is 0 Å². The Morgan fingerprint density at radius 3 is 2.67 bits per heavy atom. The van der Waals surface area contributed by atoms with Crippen molar-refractivity contribution in [2.24, 2.45) is 0 Å². The summed E-state index contributed by atoms with van der Waals surface area (Å²) in [4.78, 5) is 29.9. The molecule has 0 fully saturated rings. The lowest BCUT2D eigenvalue weighted by Gasteiger charge is -2.01. The summed E-state index contributed by atoms with van der Waals surface area (Å²) in [5, 5.41) is 3.73. The lowest BCUT2D eigenvalue weighted by molar-refractivity contribution is 0.0532. The topological polar surface area (TPSA) is 90.7 Å². The fourth-order valence-electron chi connectivity index (χ4n) is 2.97. The third-order valence-electron chi connectivity index (χ3n) is 4.31. The van der Waals surface area contributed by atoms with E-state index in [0.717, 1.165) is 22.3 Å². The highest BCUT2D eigenvalue weighted by molar-refractivity contribution is 7.18. The first-order valence-corrected chi connectivity index (χ1v) is 10.0. The van der Waals surface area contributed by atoms with E-state index in [2.05, 4.69) is 10.3 Å². The molecule has 4 aromatic rings. The number of thiazole rings is 1. The first-order chi connectivity index (χ1) is 14.6. The van der Waals surface area contributed by atoms with Crippen LogP contribution in [-0.2, 0) is 4.74 Å². The number of aromatic nitrogens is 1. The quantitative estimate of drug-likeness (QED) is 0.440. The number of carbonyl (C=O) groups is 2. The second-order valence-corrected chi connectivity index (χ2v) is 7.23. The molecule has 0 atom stereocenters. The highest BCUT2D eigenvalue weighted by Crippen LogP contribution is 2.33. The molecule has 0 radical (unpaired) electrons. The molecule has 0 aliphatic carbocycles. The maximum atomic E-state index is 12.7. The van der Waals surface area contributed by atoms with Gasteiger partial charge >= 0.3 is 5.97 Å². The number of furan rings is 1. The fourth-order valence-corrected chi connectivity index (χ4v) is 3.84. The van der Waals surface area contributed by atoms with Gasteiger partial charge in [-0.15, -0.1) is 0 Å². The third kappa shape index (κ3) is 3.77. The molecule has 1 N–H and O–H groups in total. The number of methoxy groups -OCH3 is 1. The number of para-hydroxylation sites is 1. The zero-order valence-corrected chi connectivity index (χ0v) is 17.1. The Morgan fingerprint density at radius 1 is 1.13 bits per heavy atom. The van der Waals surface area contributed by atoms with Crippen LogP contribution in [0.3, 0.4) is 0 Å². The van der Waals surface area contributed by atoms with Crippen LogP contribution in [0.1, 0.15) is 27.2 Å². The highest BCUT2D eigenvalue weighted by atomic mass is 32.1. The molecule has 7 nitrogen and oxygen atoms in total. The Morgan fingerprint density at radius 2 is 1.93 bits per heavy atom. The number of esters is 1. The highest BCUT2D eigenvalue weighted by Gasteiger charge is 2.23. The molecule has 1 amide bonds. The Balaban J connectivity index is 1.66. The zero-order chi connectivity index (χ0) is 21.1. The SMILES string of the molecule is CCOC(=O)c1sc(NC(=O)c2cc3cccc(OC)c3o2)nc1-c1ccccc1. The van der Waals surface area contributed by atoms with Crippen molar-refractivity contribution in [1.82, 2.24) is 4.98 Å². The maximum Gasteiger partial charge on any atom is 0.350 e. The molecule has 0 aliphatic rings. The van der Waals surface area contributed by atoms with E-state index in [1.54, 1.807) is 19.1 Å². The summed E-state index contributed by atoms with van der Waals surface area (Å²) in [6.45, 7) is 1.98. The maximum absolute atomic E-state index is 12.7. The van der Waals surface area contributed by atoms with E-state index >= 15 is 0 Å². The number of carbonyl (C=O) groups excluding carboxylic acids is 2. The molecule has 8 heteroatoms. The van der Waals surface area contributed by atoms with E-state index in [9.17, 15) is 9.59 Å². The lowest BCUT2D eigenvalue weighted by atomic mass is 10.1. The smallest absolute Gasteiger partial charge is 0.350 e. The van der Waals surface area contributed by atoms with Crippen molar-refractivity contribution in [3.8, 4) is 17.0 Å². The number of fused-ring (bicyclic) bond motifs is 1. The van der Waals surface area contributed by atoms with E-state index in [4.69, 9.17) is 13.9 Å². The van der Waals surface area contributed by atoms with Gasteiger partial charge in [-0.3, -0.25) is 10.1 Å². The number of amides is 1. The monoisotopic (exact) mass is 422 g/mol. The van der Waals surface area contributed by atoms with Gasteiger partial charge < -0.3 is 13.9 Å². The van der Waals surface area contributed by atoms with E-state index in [0.29, 0.717) is 21.9 Å². The predicted molar refractivity (Wildman–Crippen MR) is 114 cm³/mol. The number of anilines is 1. The van der Waals surface area contributed by atoms with Crippen LogP contribution in [0.2, 0.25) is 0 Å².